The Morgan fingerprint density at radius 3 is 2.42 bits per heavy atom. The predicted molar refractivity (Wildman–Crippen MR) is 92.3 cm³/mol. The van der Waals surface area contributed by atoms with Crippen molar-refractivity contribution in [1.29, 1.82) is 0 Å². The lowest BCUT2D eigenvalue weighted by atomic mass is 10.1. The molecule has 5 nitrogen and oxygen atoms in total. The van der Waals surface area contributed by atoms with E-state index in [2.05, 4.69) is 16.0 Å². The molecule has 0 radical (unpaired) electrons. The average molecular weight is 329 g/mol. The summed E-state index contributed by atoms with van der Waals surface area (Å²) in [4.78, 5) is 22.9. The van der Waals surface area contributed by atoms with Crippen molar-refractivity contribution in [3.63, 3.8) is 0 Å². The van der Waals surface area contributed by atoms with E-state index in [-0.39, 0.29) is 24.2 Å². The van der Waals surface area contributed by atoms with E-state index in [1.165, 1.54) is 13.0 Å². The molecule has 0 saturated carbocycles. The Labute approximate surface area is 140 Å². The number of carbonyl (C=O) groups is 2. The van der Waals surface area contributed by atoms with Gasteiger partial charge in [-0.15, -0.1) is 0 Å². The summed E-state index contributed by atoms with van der Waals surface area (Å²) in [6, 6.07) is 13.5. The lowest BCUT2D eigenvalue weighted by molar-refractivity contribution is -0.115. The number of nitrogens with one attached hydrogen (secondary N) is 3. The molecule has 2 aromatic rings. The molecule has 2 aromatic carbocycles. The molecule has 0 bridgehead atoms. The van der Waals surface area contributed by atoms with Gasteiger partial charge in [0, 0.05) is 18.3 Å². The van der Waals surface area contributed by atoms with Crippen LogP contribution in [0.5, 0.6) is 0 Å². The summed E-state index contributed by atoms with van der Waals surface area (Å²) in [5.74, 6) is -0.615. The van der Waals surface area contributed by atoms with Crippen molar-refractivity contribution in [2.75, 3.05) is 23.7 Å². The van der Waals surface area contributed by atoms with E-state index in [0.29, 0.717) is 29.9 Å². The van der Waals surface area contributed by atoms with Gasteiger partial charge in [0.15, 0.2) is 0 Å². The summed E-state index contributed by atoms with van der Waals surface area (Å²) in [7, 11) is 0. The van der Waals surface area contributed by atoms with Crippen LogP contribution in [-0.4, -0.2) is 24.9 Å². The summed E-state index contributed by atoms with van der Waals surface area (Å²) >= 11 is 0. The van der Waals surface area contributed by atoms with Crippen molar-refractivity contribution in [3.8, 4) is 0 Å². The third-order valence-corrected chi connectivity index (χ3v) is 3.28. The van der Waals surface area contributed by atoms with Gasteiger partial charge in [-0.25, -0.2) is 4.39 Å². The average Bonchev–Trinajstić information content (AvgIpc) is 2.53. The second-order valence-corrected chi connectivity index (χ2v) is 5.33. The van der Waals surface area contributed by atoms with E-state index in [4.69, 9.17) is 0 Å². The molecule has 0 heterocycles. The van der Waals surface area contributed by atoms with Crippen LogP contribution in [0.25, 0.3) is 0 Å². The van der Waals surface area contributed by atoms with Crippen LogP contribution < -0.4 is 16.0 Å². The Morgan fingerprint density at radius 1 is 1.00 bits per heavy atom. The maximum atomic E-state index is 13.5. The second-order valence-electron chi connectivity index (χ2n) is 5.33. The Kier molecular flexibility index (Phi) is 6.45. The number of amides is 2. The van der Waals surface area contributed by atoms with Crippen LogP contribution in [-0.2, 0) is 16.0 Å². The predicted octanol–water partition coefficient (Wildman–Crippen LogP) is 2.55. The molecule has 0 unspecified atom stereocenters. The number of anilines is 2. The molecule has 6 heteroatoms. The van der Waals surface area contributed by atoms with Gasteiger partial charge in [0.2, 0.25) is 11.8 Å². The number of halogens is 1. The van der Waals surface area contributed by atoms with Crippen molar-refractivity contribution in [2.24, 2.45) is 0 Å². The number of rotatable bonds is 7. The van der Waals surface area contributed by atoms with E-state index in [0.717, 1.165) is 0 Å². The van der Waals surface area contributed by atoms with Gasteiger partial charge in [0.05, 0.1) is 6.54 Å². The molecule has 24 heavy (non-hydrogen) atoms. The third kappa shape index (κ3) is 5.81. The first-order valence-corrected chi connectivity index (χ1v) is 7.66. The minimum Gasteiger partial charge on any atom is -0.326 e. The molecule has 2 amide bonds. The third-order valence-electron chi connectivity index (χ3n) is 3.28. The van der Waals surface area contributed by atoms with Crippen molar-refractivity contribution >= 4 is 23.2 Å². The fourth-order valence-electron chi connectivity index (χ4n) is 2.21. The Morgan fingerprint density at radius 2 is 1.71 bits per heavy atom. The topological polar surface area (TPSA) is 70.2 Å². The molecule has 0 aliphatic carbocycles. The summed E-state index contributed by atoms with van der Waals surface area (Å²) in [5, 5.41) is 8.37. The number of hydrogen-bond acceptors (Lipinski definition) is 3. The van der Waals surface area contributed by atoms with Gasteiger partial charge in [-0.3, -0.25) is 9.59 Å². The monoisotopic (exact) mass is 329 g/mol. The molecule has 0 saturated heterocycles. The van der Waals surface area contributed by atoms with Crippen LogP contribution in [0.4, 0.5) is 15.8 Å². The van der Waals surface area contributed by atoms with E-state index >= 15 is 0 Å². The molecule has 3 N–H and O–H groups in total. The van der Waals surface area contributed by atoms with Crippen molar-refractivity contribution < 1.29 is 14.0 Å². The summed E-state index contributed by atoms with van der Waals surface area (Å²) in [6.45, 7) is 2.05. The Bertz CT molecular complexity index is 719. The number of carbonyl (C=O) groups excluding carboxylic acids is 2. The first-order chi connectivity index (χ1) is 11.5. The van der Waals surface area contributed by atoms with Crippen molar-refractivity contribution in [1.82, 2.24) is 5.32 Å². The van der Waals surface area contributed by atoms with Crippen molar-refractivity contribution in [2.45, 2.75) is 13.3 Å². The van der Waals surface area contributed by atoms with Crippen LogP contribution in [0, 0.1) is 5.82 Å². The van der Waals surface area contributed by atoms with Crippen LogP contribution in [0.15, 0.2) is 48.5 Å². The van der Waals surface area contributed by atoms with Crippen LogP contribution in [0.2, 0.25) is 0 Å². The molecule has 0 aliphatic heterocycles. The Hall–Kier alpha value is -2.73. The fourth-order valence-corrected chi connectivity index (χ4v) is 2.21. The molecule has 0 aliphatic rings. The minimum atomic E-state index is -0.237. The zero-order chi connectivity index (χ0) is 17.4. The van der Waals surface area contributed by atoms with Gasteiger partial charge in [0.25, 0.3) is 0 Å². The normalized spacial score (nSPS) is 10.2. The first kappa shape index (κ1) is 17.6. The van der Waals surface area contributed by atoms with E-state index in [1.54, 1.807) is 42.5 Å². The quantitative estimate of drug-likeness (QED) is 0.684. The van der Waals surface area contributed by atoms with Crippen LogP contribution >= 0.6 is 0 Å². The summed E-state index contributed by atoms with van der Waals surface area (Å²) < 4.78 is 13.5. The molecule has 0 spiro atoms. The smallest absolute Gasteiger partial charge is 0.238 e. The molecule has 126 valence electrons. The first-order valence-electron chi connectivity index (χ1n) is 7.66. The highest BCUT2D eigenvalue weighted by molar-refractivity contribution is 5.94. The molecule has 0 atom stereocenters. The molecule has 0 aromatic heterocycles. The van der Waals surface area contributed by atoms with Gasteiger partial charge in [0.1, 0.15) is 5.82 Å². The molecule has 2 rings (SSSR count). The van der Waals surface area contributed by atoms with Crippen LogP contribution in [0.1, 0.15) is 12.5 Å². The highest BCUT2D eigenvalue weighted by atomic mass is 19.1. The van der Waals surface area contributed by atoms with Gasteiger partial charge in [-0.05, 0) is 42.8 Å². The largest absolute Gasteiger partial charge is 0.326 e. The number of hydrogen-bond donors (Lipinski definition) is 3. The zero-order valence-electron chi connectivity index (χ0n) is 13.4. The van der Waals surface area contributed by atoms with Gasteiger partial charge in [-0.2, -0.15) is 0 Å². The molecular formula is C18H20FN3O2. The SMILES string of the molecule is CC(=O)Nc1cccc(NC(=O)CNCCc2ccccc2F)c1. The highest BCUT2D eigenvalue weighted by Crippen LogP contribution is 2.14. The second kappa shape index (κ2) is 8.79. The van der Waals surface area contributed by atoms with Gasteiger partial charge in [-0.1, -0.05) is 24.3 Å². The van der Waals surface area contributed by atoms with E-state index in [9.17, 15) is 14.0 Å². The molecular weight excluding hydrogens is 309 g/mol. The maximum absolute atomic E-state index is 13.5. The lowest BCUT2D eigenvalue weighted by Crippen LogP contribution is -2.29. The van der Waals surface area contributed by atoms with E-state index < -0.39 is 0 Å². The Balaban J connectivity index is 1.75. The van der Waals surface area contributed by atoms with Gasteiger partial charge < -0.3 is 16.0 Å². The van der Waals surface area contributed by atoms with Gasteiger partial charge >= 0.3 is 0 Å². The molecule has 0 fully saturated rings. The van der Waals surface area contributed by atoms with Crippen molar-refractivity contribution in [3.05, 3.63) is 59.9 Å². The fraction of sp³-hybridized carbons (Fsp3) is 0.222. The van der Waals surface area contributed by atoms with Crippen LogP contribution in [0.3, 0.4) is 0 Å². The maximum Gasteiger partial charge on any atom is 0.238 e. The summed E-state index contributed by atoms with van der Waals surface area (Å²) in [5.41, 5.74) is 1.84. The zero-order valence-corrected chi connectivity index (χ0v) is 13.4. The lowest BCUT2D eigenvalue weighted by Gasteiger charge is -2.09. The highest BCUT2D eigenvalue weighted by Gasteiger charge is 2.04. The summed E-state index contributed by atoms with van der Waals surface area (Å²) in [6.07, 6.45) is 0.512. The standard InChI is InChI=1S/C18H20FN3O2/c1-13(23)21-15-6-4-7-16(11-15)22-18(24)12-20-10-9-14-5-2-3-8-17(14)19/h2-8,11,20H,9-10,12H2,1H3,(H,21,23)(H,22,24). The minimum absolute atomic E-state index is 0.124. The number of benzene rings is 2. The van der Waals surface area contributed by atoms with E-state index in [1.807, 2.05) is 0 Å².